The number of nitrogens with two attached hydrogens (primary N) is 1. The van der Waals surface area contributed by atoms with Crippen molar-refractivity contribution < 1.29 is 4.79 Å². The summed E-state index contributed by atoms with van der Waals surface area (Å²) in [5.74, 6) is 5.02. The molecule has 0 saturated carbocycles. The Morgan fingerprint density at radius 1 is 1.42 bits per heavy atom. The number of nitrogens with one attached hydrogen (secondary N) is 1. The summed E-state index contributed by atoms with van der Waals surface area (Å²) >= 11 is 0. The molecule has 5 nitrogen and oxygen atoms in total. The second-order valence-electron chi connectivity index (χ2n) is 2.87. The molecule has 1 aliphatic heterocycles. The molecule has 0 aromatic heterocycles. The minimum atomic E-state index is -0.175. The zero-order valence-electron chi connectivity index (χ0n) is 7.42. The van der Waals surface area contributed by atoms with Crippen molar-refractivity contribution in [3.8, 4) is 0 Å². The molecular formula is C7H16N4O. The molecule has 0 aromatic rings. The Morgan fingerprint density at radius 2 is 2.00 bits per heavy atom. The van der Waals surface area contributed by atoms with Crippen molar-refractivity contribution >= 4 is 6.03 Å². The fourth-order valence-corrected chi connectivity index (χ4v) is 1.36. The SMILES string of the molecule is CCN1CCN(C(=O)NN)CC1. The van der Waals surface area contributed by atoms with Crippen molar-refractivity contribution in [2.75, 3.05) is 32.7 Å². The van der Waals surface area contributed by atoms with E-state index in [1.165, 1.54) is 0 Å². The van der Waals surface area contributed by atoms with Gasteiger partial charge in [0.2, 0.25) is 0 Å². The summed E-state index contributed by atoms with van der Waals surface area (Å²) in [4.78, 5) is 15.1. The number of piperazine rings is 1. The lowest BCUT2D eigenvalue weighted by molar-refractivity contribution is 0.143. The second kappa shape index (κ2) is 4.27. The van der Waals surface area contributed by atoms with Crippen LogP contribution in [0.4, 0.5) is 4.79 Å². The smallest absolute Gasteiger partial charge is 0.321 e. The molecule has 0 unspecified atom stereocenters. The monoisotopic (exact) mass is 172 g/mol. The summed E-state index contributed by atoms with van der Waals surface area (Å²) in [6, 6.07) is -0.175. The number of likely N-dealkylation sites (N-methyl/N-ethyl adjacent to an activating group) is 1. The first-order chi connectivity index (χ1) is 5.77. The summed E-state index contributed by atoms with van der Waals surface area (Å²) < 4.78 is 0. The van der Waals surface area contributed by atoms with Crippen molar-refractivity contribution in [1.29, 1.82) is 0 Å². The maximum atomic E-state index is 11.0. The molecule has 12 heavy (non-hydrogen) atoms. The Kier molecular flexibility index (Phi) is 3.31. The highest BCUT2D eigenvalue weighted by Crippen LogP contribution is 2.00. The van der Waals surface area contributed by atoms with E-state index in [0.717, 1.165) is 32.7 Å². The van der Waals surface area contributed by atoms with Gasteiger partial charge in [-0.25, -0.2) is 10.6 Å². The fraction of sp³-hybridized carbons (Fsp3) is 0.857. The molecule has 0 spiro atoms. The largest absolute Gasteiger partial charge is 0.331 e. The predicted molar refractivity (Wildman–Crippen MR) is 46.4 cm³/mol. The minimum Gasteiger partial charge on any atom is -0.321 e. The van der Waals surface area contributed by atoms with Gasteiger partial charge in [-0.15, -0.1) is 0 Å². The van der Waals surface area contributed by atoms with Crippen LogP contribution in [-0.4, -0.2) is 48.6 Å². The molecule has 1 fully saturated rings. The maximum Gasteiger partial charge on any atom is 0.331 e. The van der Waals surface area contributed by atoms with Gasteiger partial charge in [-0.2, -0.15) is 0 Å². The third kappa shape index (κ3) is 2.09. The van der Waals surface area contributed by atoms with Crippen molar-refractivity contribution in [1.82, 2.24) is 15.2 Å². The van der Waals surface area contributed by atoms with Crippen LogP contribution in [0.15, 0.2) is 0 Å². The second-order valence-corrected chi connectivity index (χ2v) is 2.87. The third-order valence-corrected chi connectivity index (χ3v) is 2.23. The first-order valence-electron chi connectivity index (χ1n) is 4.25. The lowest BCUT2D eigenvalue weighted by Gasteiger charge is -2.33. The highest BCUT2D eigenvalue weighted by molar-refractivity contribution is 5.73. The highest BCUT2D eigenvalue weighted by Gasteiger charge is 2.18. The van der Waals surface area contributed by atoms with Gasteiger partial charge in [-0.3, -0.25) is 5.43 Å². The molecule has 1 heterocycles. The minimum absolute atomic E-state index is 0.175. The van der Waals surface area contributed by atoms with Gasteiger partial charge in [0, 0.05) is 26.2 Å². The lowest BCUT2D eigenvalue weighted by atomic mass is 10.3. The molecule has 0 aromatic carbocycles. The lowest BCUT2D eigenvalue weighted by Crippen LogP contribution is -2.52. The molecule has 1 aliphatic rings. The Hall–Kier alpha value is -0.810. The summed E-state index contributed by atoms with van der Waals surface area (Å²) in [5.41, 5.74) is 2.14. The summed E-state index contributed by atoms with van der Waals surface area (Å²) in [6.07, 6.45) is 0. The quantitative estimate of drug-likeness (QED) is 0.309. The number of carbonyl (C=O) groups is 1. The average Bonchev–Trinajstić information content (AvgIpc) is 2.17. The van der Waals surface area contributed by atoms with Crippen LogP contribution in [0.3, 0.4) is 0 Å². The van der Waals surface area contributed by atoms with Gasteiger partial charge in [0.05, 0.1) is 0 Å². The summed E-state index contributed by atoms with van der Waals surface area (Å²) in [6.45, 7) is 6.62. The van der Waals surface area contributed by atoms with Crippen molar-refractivity contribution in [2.45, 2.75) is 6.92 Å². The van der Waals surface area contributed by atoms with Gasteiger partial charge >= 0.3 is 6.03 Å². The zero-order chi connectivity index (χ0) is 8.97. The van der Waals surface area contributed by atoms with Crippen LogP contribution in [-0.2, 0) is 0 Å². The van der Waals surface area contributed by atoms with E-state index in [0.29, 0.717) is 0 Å². The average molecular weight is 172 g/mol. The number of nitrogens with zero attached hydrogens (tertiary/aromatic N) is 2. The first kappa shape index (κ1) is 9.28. The van der Waals surface area contributed by atoms with E-state index in [-0.39, 0.29) is 6.03 Å². The van der Waals surface area contributed by atoms with E-state index in [4.69, 9.17) is 5.84 Å². The standard InChI is InChI=1S/C7H16N4O/c1-2-10-3-5-11(6-4-10)7(12)9-8/h2-6,8H2,1H3,(H,9,12). The van der Waals surface area contributed by atoms with Gasteiger partial charge in [-0.05, 0) is 6.54 Å². The molecule has 0 atom stereocenters. The zero-order valence-corrected chi connectivity index (χ0v) is 7.42. The number of urea groups is 1. The Bertz CT molecular complexity index is 153. The van der Waals surface area contributed by atoms with Crippen LogP contribution in [0, 0.1) is 0 Å². The third-order valence-electron chi connectivity index (χ3n) is 2.23. The molecule has 1 saturated heterocycles. The highest BCUT2D eigenvalue weighted by atomic mass is 16.2. The number of rotatable bonds is 1. The topological polar surface area (TPSA) is 61.6 Å². The number of carbonyl (C=O) groups excluding carboxylic acids is 1. The Balaban J connectivity index is 2.30. The maximum absolute atomic E-state index is 11.0. The molecule has 2 amide bonds. The summed E-state index contributed by atoms with van der Waals surface area (Å²) in [7, 11) is 0. The molecular weight excluding hydrogens is 156 g/mol. The van der Waals surface area contributed by atoms with E-state index in [1.54, 1.807) is 4.90 Å². The van der Waals surface area contributed by atoms with Gasteiger partial charge in [-0.1, -0.05) is 6.92 Å². The van der Waals surface area contributed by atoms with E-state index in [2.05, 4.69) is 17.2 Å². The normalized spacial score (nSPS) is 19.3. The molecule has 3 N–H and O–H groups in total. The van der Waals surface area contributed by atoms with Crippen LogP contribution in [0.25, 0.3) is 0 Å². The van der Waals surface area contributed by atoms with Gasteiger partial charge in [0.15, 0.2) is 0 Å². The van der Waals surface area contributed by atoms with Crippen LogP contribution in [0.2, 0.25) is 0 Å². The van der Waals surface area contributed by atoms with Crippen LogP contribution < -0.4 is 11.3 Å². The molecule has 0 aliphatic carbocycles. The van der Waals surface area contributed by atoms with Crippen LogP contribution in [0.5, 0.6) is 0 Å². The van der Waals surface area contributed by atoms with E-state index in [9.17, 15) is 4.79 Å². The molecule has 5 heteroatoms. The van der Waals surface area contributed by atoms with E-state index >= 15 is 0 Å². The molecule has 70 valence electrons. The fourth-order valence-electron chi connectivity index (χ4n) is 1.36. The van der Waals surface area contributed by atoms with Crippen LogP contribution in [0.1, 0.15) is 6.92 Å². The van der Waals surface area contributed by atoms with Crippen LogP contribution >= 0.6 is 0 Å². The Morgan fingerprint density at radius 3 is 2.42 bits per heavy atom. The predicted octanol–water partition coefficient (Wildman–Crippen LogP) is -0.793. The molecule has 0 radical (unpaired) electrons. The van der Waals surface area contributed by atoms with Gasteiger partial charge in [0.25, 0.3) is 0 Å². The van der Waals surface area contributed by atoms with Crippen molar-refractivity contribution in [2.24, 2.45) is 5.84 Å². The molecule has 1 rings (SSSR count). The molecule has 0 bridgehead atoms. The Labute approximate surface area is 72.5 Å². The van der Waals surface area contributed by atoms with E-state index < -0.39 is 0 Å². The number of amides is 2. The van der Waals surface area contributed by atoms with Gasteiger partial charge in [0.1, 0.15) is 0 Å². The van der Waals surface area contributed by atoms with E-state index in [1.807, 2.05) is 0 Å². The number of hydrogen-bond donors (Lipinski definition) is 2. The summed E-state index contributed by atoms with van der Waals surface area (Å²) in [5, 5.41) is 0. The first-order valence-corrected chi connectivity index (χ1v) is 4.25. The van der Waals surface area contributed by atoms with Crippen molar-refractivity contribution in [3.05, 3.63) is 0 Å². The number of hydrogen-bond acceptors (Lipinski definition) is 3. The number of hydrazine groups is 1. The van der Waals surface area contributed by atoms with Gasteiger partial charge < -0.3 is 9.80 Å². The van der Waals surface area contributed by atoms with Crippen molar-refractivity contribution in [3.63, 3.8) is 0 Å².